The molecule has 1 aliphatic rings. The number of halogens is 3. The summed E-state index contributed by atoms with van der Waals surface area (Å²) in [7, 11) is 0. The quantitative estimate of drug-likeness (QED) is 0.681. The van der Waals surface area contributed by atoms with E-state index in [2.05, 4.69) is 20.6 Å². The van der Waals surface area contributed by atoms with Crippen molar-refractivity contribution in [2.75, 3.05) is 10.6 Å². The Labute approximate surface area is 158 Å². The van der Waals surface area contributed by atoms with Crippen LogP contribution in [0, 0.1) is 0 Å². The second kappa shape index (κ2) is 6.95. The Morgan fingerprint density at radius 1 is 1.04 bits per heavy atom. The Bertz CT molecular complexity index is 1040. The molecular weight excluding hydrogens is 369 g/mol. The van der Waals surface area contributed by atoms with Gasteiger partial charge < -0.3 is 10.6 Å². The van der Waals surface area contributed by atoms with Crippen LogP contribution in [0.5, 0.6) is 0 Å². The van der Waals surface area contributed by atoms with Gasteiger partial charge in [-0.1, -0.05) is 30.3 Å². The number of hydrogen-bond donors (Lipinski definition) is 2. The van der Waals surface area contributed by atoms with Gasteiger partial charge in [-0.2, -0.15) is 13.2 Å². The molecule has 1 aliphatic heterocycles. The van der Waals surface area contributed by atoms with Crippen LogP contribution in [0.15, 0.2) is 54.7 Å². The highest BCUT2D eigenvalue weighted by atomic mass is 19.4. The molecule has 5 nitrogen and oxygen atoms in total. The van der Waals surface area contributed by atoms with Gasteiger partial charge in [0.05, 0.1) is 5.69 Å². The molecule has 0 unspecified atom stereocenters. The lowest BCUT2D eigenvalue weighted by molar-refractivity contribution is -0.137. The van der Waals surface area contributed by atoms with Crippen LogP contribution in [-0.4, -0.2) is 15.9 Å². The maximum atomic E-state index is 13.4. The molecular formula is C20H15F3N4O. The van der Waals surface area contributed by atoms with Crippen molar-refractivity contribution in [2.45, 2.75) is 19.0 Å². The molecule has 0 bridgehead atoms. The van der Waals surface area contributed by atoms with Crippen LogP contribution >= 0.6 is 0 Å². The Kier molecular flexibility index (Phi) is 4.46. The van der Waals surface area contributed by atoms with E-state index in [4.69, 9.17) is 0 Å². The molecule has 28 heavy (non-hydrogen) atoms. The summed E-state index contributed by atoms with van der Waals surface area (Å²) in [4.78, 5) is 19.4. The first-order valence-corrected chi connectivity index (χ1v) is 8.59. The zero-order chi connectivity index (χ0) is 19.7. The molecule has 3 aromatic rings. The summed E-state index contributed by atoms with van der Waals surface area (Å²) in [5.41, 5.74) is 1.59. The molecule has 0 spiro atoms. The van der Waals surface area contributed by atoms with Gasteiger partial charge in [0.2, 0.25) is 11.9 Å². The first kappa shape index (κ1) is 18.0. The monoisotopic (exact) mass is 384 g/mol. The fourth-order valence-corrected chi connectivity index (χ4v) is 3.06. The Morgan fingerprint density at radius 2 is 1.82 bits per heavy atom. The summed E-state index contributed by atoms with van der Waals surface area (Å²) >= 11 is 0. The Hall–Kier alpha value is -3.42. The summed E-state index contributed by atoms with van der Waals surface area (Å²) in [5, 5.41) is 5.73. The lowest BCUT2D eigenvalue weighted by Crippen LogP contribution is -2.18. The van der Waals surface area contributed by atoms with Crippen molar-refractivity contribution in [3.8, 4) is 11.3 Å². The van der Waals surface area contributed by atoms with Crippen molar-refractivity contribution in [1.82, 2.24) is 9.97 Å². The maximum absolute atomic E-state index is 13.4. The average Bonchev–Trinajstić information content (AvgIpc) is 2.68. The summed E-state index contributed by atoms with van der Waals surface area (Å²) in [6, 6.07) is 13.5. The molecule has 0 saturated carbocycles. The minimum Gasteiger partial charge on any atom is -0.326 e. The van der Waals surface area contributed by atoms with E-state index in [1.54, 1.807) is 42.5 Å². The topological polar surface area (TPSA) is 66.9 Å². The molecule has 4 rings (SSSR count). The van der Waals surface area contributed by atoms with Crippen LogP contribution < -0.4 is 10.6 Å². The molecule has 1 amide bonds. The molecule has 0 saturated heterocycles. The van der Waals surface area contributed by atoms with E-state index in [0.29, 0.717) is 24.1 Å². The van der Waals surface area contributed by atoms with Gasteiger partial charge in [0.1, 0.15) is 5.56 Å². The molecule has 2 heterocycles. The summed E-state index contributed by atoms with van der Waals surface area (Å²) in [6.07, 6.45) is -2.78. The average molecular weight is 384 g/mol. The van der Waals surface area contributed by atoms with Crippen molar-refractivity contribution < 1.29 is 18.0 Å². The van der Waals surface area contributed by atoms with Gasteiger partial charge in [0.15, 0.2) is 0 Å². The third-order valence-corrected chi connectivity index (χ3v) is 4.40. The number of carbonyl (C=O) groups is 1. The van der Waals surface area contributed by atoms with Gasteiger partial charge in [-0.3, -0.25) is 4.79 Å². The van der Waals surface area contributed by atoms with Crippen LogP contribution in [0.4, 0.5) is 30.5 Å². The molecule has 0 fully saturated rings. The van der Waals surface area contributed by atoms with E-state index in [9.17, 15) is 18.0 Å². The normalized spacial score (nSPS) is 13.6. The van der Waals surface area contributed by atoms with Gasteiger partial charge >= 0.3 is 6.18 Å². The van der Waals surface area contributed by atoms with Crippen molar-refractivity contribution in [3.05, 3.63) is 65.9 Å². The first-order chi connectivity index (χ1) is 13.4. The third kappa shape index (κ3) is 3.66. The van der Waals surface area contributed by atoms with Gasteiger partial charge in [-0.15, -0.1) is 0 Å². The maximum Gasteiger partial charge on any atom is 0.419 e. The molecule has 142 valence electrons. The third-order valence-electron chi connectivity index (χ3n) is 4.40. The van der Waals surface area contributed by atoms with E-state index >= 15 is 0 Å². The smallest absolute Gasteiger partial charge is 0.326 e. The number of hydrogen-bond acceptors (Lipinski definition) is 4. The molecule has 2 N–H and O–H groups in total. The first-order valence-electron chi connectivity index (χ1n) is 8.59. The number of rotatable bonds is 3. The highest BCUT2D eigenvalue weighted by molar-refractivity contribution is 5.94. The number of alkyl halides is 3. The number of aryl methyl sites for hydroxylation is 1. The number of amides is 1. The predicted octanol–water partition coefficient (Wildman–Crippen LogP) is 4.79. The number of nitrogens with zero attached hydrogens (tertiary/aromatic N) is 2. The number of carbonyl (C=O) groups excluding carboxylic acids is 1. The van der Waals surface area contributed by atoms with Crippen molar-refractivity contribution >= 4 is 23.2 Å². The number of anilines is 3. The molecule has 0 aliphatic carbocycles. The minimum absolute atomic E-state index is 0.0354. The van der Waals surface area contributed by atoms with Gasteiger partial charge in [0, 0.05) is 29.6 Å². The summed E-state index contributed by atoms with van der Waals surface area (Å²) in [6.45, 7) is 0. The largest absolute Gasteiger partial charge is 0.419 e. The van der Waals surface area contributed by atoms with E-state index in [1.165, 1.54) is 0 Å². The lowest BCUT2D eigenvalue weighted by Gasteiger charge is -2.18. The van der Waals surface area contributed by atoms with E-state index in [0.717, 1.165) is 17.4 Å². The van der Waals surface area contributed by atoms with E-state index in [-0.39, 0.29) is 17.5 Å². The zero-order valence-corrected chi connectivity index (χ0v) is 14.5. The van der Waals surface area contributed by atoms with Crippen LogP contribution in [-0.2, 0) is 17.4 Å². The molecule has 8 heteroatoms. The standard InChI is InChI=1S/C20H15F3N4O/c21-20(22,23)15-11-24-19(27-18(15)12-4-2-1-3-5-12)25-14-7-8-16-13(10-14)6-9-17(28)26-16/h1-5,7-8,10-11H,6,9H2,(H,26,28)(H,24,25,27). The SMILES string of the molecule is O=C1CCc2cc(Nc3ncc(C(F)(F)F)c(-c4ccccc4)n3)ccc2N1. The predicted molar refractivity (Wildman–Crippen MR) is 99.1 cm³/mol. The van der Waals surface area contributed by atoms with Crippen molar-refractivity contribution in [2.24, 2.45) is 0 Å². The lowest BCUT2D eigenvalue weighted by atomic mass is 10.0. The Balaban J connectivity index is 1.69. The summed E-state index contributed by atoms with van der Waals surface area (Å²) in [5.74, 6) is 0.0263. The van der Waals surface area contributed by atoms with Crippen molar-refractivity contribution in [3.63, 3.8) is 0 Å². The number of nitrogens with one attached hydrogen (secondary N) is 2. The highest BCUT2D eigenvalue weighted by Crippen LogP contribution is 2.36. The van der Waals surface area contributed by atoms with Crippen LogP contribution in [0.2, 0.25) is 0 Å². The van der Waals surface area contributed by atoms with E-state index < -0.39 is 11.7 Å². The molecule has 0 radical (unpaired) electrons. The second-order valence-electron chi connectivity index (χ2n) is 6.36. The fourth-order valence-electron chi connectivity index (χ4n) is 3.06. The zero-order valence-electron chi connectivity index (χ0n) is 14.5. The van der Waals surface area contributed by atoms with Crippen LogP contribution in [0.3, 0.4) is 0 Å². The highest BCUT2D eigenvalue weighted by Gasteiger charge is 2.35. The minimum atomic E-state index is -4.56. The number of fused-ring (bicyclic) bond motifs is 1. The molecule has 2 aromatic carbocycles. The Morgan fingerprint density at radius 3 is 2.57 bits per heavy atom. The van der Waals surface area contributed by atoms with Crippen LogP contribution in [0.1, 0.15) is 17.5 Å². The van der Waals surface area contributed by atoms with E-state index in [1.807, 2.05) is 6.07 Å². The fraction of sp³-hybridized carbons (Fsp3) is 0.150. The van der Waals surface area contributed by atoms with Gasteiger partial charge in [-0.05, 0) is 30.2 Å². The molecule has 0 atom stereocenters. The van der Waals surface area contributed by atoms with Crippen molar-refractivity contribution in [1.29, 1.82) is 0 Å². The van der Waals surface area contributed by atoms with Crippen LogP contribution in [0.25, 0.3) is 11.3 Å². The van der Waals surface area contributed by atoms with Gasteiger partial charge in [-0.25, -0.2) is 9.97 Å². The second-order valence-corrected chi connectivity index (χ2v) is 6.36. The molecule has 1 aromatic heterocycles. The number of aromatic nitrogens is 2. The van der Waals surface area contributed by atoms with Gasteiger partial charge in [0.25, 0.3) is 0 Å². The number of benzene rings is 2. The summed E-state index contributed by atoms with van der Waals surface area (Å²) < 4.78 is 40.1.